The van der Waals surface area contributed by atoms with E-state index >= 15 is 0 Å². The van der Waals surface area contributed by atoms with Gasteiger partial charge in [0, 0.05) is 25.4 Å². The molecular weight excluding hydrogens is 242 g/mol. The van der Waals surface area contributed by atoms with E-state index in [1.807, 2.05) is 25.1 Å². The van der Waals surface area contributed by atoms with E-state index in [1.165, 1.54) is 10.6 Å². The average Bonchev–Trinajstić information content (AvgIpc) is 2.47. The van der Waals surface area contributed by atoms with Crippen molar-refractivity contribution in [3.63, 3.8) is 0 Å². The number of rotatable bonds is 1. The van der Waals surface area contributed by atoms with Gasteiger partial charge in [-0.2, -0.15) is 0 Å². The van der Waals surface area contributed by atoms with E-state index in [0.29, 0.717) is 5.69 Å². The fourth-order valence-corrected chi connectivity index (χ4v) is 2.22. The lowest BCUT2D eigenvalue weighted by atomic mass is 9.84. The zero-order chi connectivity index (χ0) is 20.9. The van der Waals surface area contributed by atoms with Gasteiger partial charge in [-0.15, -0.1) is 0 Å². The number of pyridine rings is 1. The number of aromatic nitrogens is 1. The molecule has 0 N–H and O–H groups in total. The van der Waals surface area contributed by atoms with Gasteiger partial charge in [-0.05, 0) is 48.8 Å². The summed E-state index contributed by atoms with van der Waals surface area (Å²) in [4.78, 5) is 0. The fraction of sp³-hybridized carbons (Fsp3) is 0.421. The Morgan fingerprint density at radius 2 is 1.75 bits per heavy atom. The molecule has 20 heavy (non-hydrogen) atoms. The average molecular weight is 275 g/mol. The van der Waals surface area contributed by atoms with Crippen molar-refractivity contribution in [2.75, 3.05) is 0 Å². The Balaban J connectivity index is 2.90. The van der Waals surface area contributed by atoms with Gasteiger partial charge < -0.3 is 0 Å². The molecule has 0 aliphatic carbocycles. The Hall–Kier alpha value is -1.63. The van der Waals surface area contributed by atoms with Gasteiger partial charge in [0.05, 0.1) is 0 Å². The van der Waals surface area contributed by atoms with Crippen LogP contribution < -0.4 is 4.57 Å². The van der Waals surface area contributed by atoms with Crippen molar-refractivity contribution in [3.05, 3.63) is 52.7 Å². The molecule has 0 saturated heterocycles. The van der Waals surface area contributed by atoms with Gasteiger partial charge in [-0.3, -0.25) is 0 Å². The zero-order valence-corrected chi connectivity index (χ0v) is 12.8. The number of benzene rings is 1. The van der Waals surface area contributed by atoms with E-state index in [2.05, 4.69) is 20.8 Å². The highest BCUT2D eigenvalue weighted by molar-refractivity contribution is 5.63. The van der Waals surface area contributed by atoms with Crippen molar-refractivity contribution in [2.24, 2.45) is 7.05 Å². The Morgan fingerprint density at radius 1 is 1.05 bits per heavy atom. The topological polar surface area (TPSA) is 3.88 Å². The molecule has 0 amide bonds. The lowest BCUT2D eigenvalue weighted by Gasteiger charge is -2.20. The summed E-state index contributed by atoms with van der Waals surface area (Å²) >= 11 is 0. The third kappa shape index (κ3) is 2.77. The van der Waals surface area contributed by atoms with Crippen molar-refractivity contribution >= 4 is 0 Å². The number of hydrogen-bond acceptors (Lipinski definition) is 0. The van der Waals surface area contributed by atoms with Gasteiger partial charge in [-0.25, -0.2) is 4.57 Å². The predicted octanol–water partition coefficient (Wildman–Crippen LogP) is 4.40. The lowest BCUT2D eigenvalue weighted by Crippen LogP contribution is -2.31. The first-order valence-electron chi connectivity index (χ1n) is 10.2. The molecule has 1 heteroatoms. The molecule has 0 aliphatic heterocycles. The Bertz CT molecular complexity index is 872. The normalized spacial score (nSPS) is 18.1. The van der Waals surface area contributed by atoms with Crippen LogP contribution in [0, 0.1) is 20.6 Å². The van der Waals surface area contributed by atoms with Crippen molar-refractivity contribution in [1.82, 2.24) is 0 Å². The van der Waals surface area contributed by atoms with Crippen LogP contribution in [0.1, 0.15) is 52.6 Å². The van der Waals surface area contributed by atoms with E-state index in [4.69, 9.17) is 9.60 Å². The first-order valence-corrected chi connectivity index (χ1v) is 6.71. The molecule has 0 spiro atoms. The van der Waals surface area contributed by atoms with E-state index < -0.39 is 19.3 Å². The van der Waals surface area contributed by atoms with Crippen LogP contribution in [0.5, 0.6) is 0 Å². The molecule has 0 unspecified atom stereocenters. The van der Waals surface area contributed by atoms with Crippen LogP contribution >= 0.6 is 0 Å². The SMILES string of the molecule is [2H]c1c(C([2H])([2H])[2H])c(C([2H])([2H])[2H])cc(-c2cc(C(C)(C)C)ccc2C)[n+]1C. The summed E-state index contributed by atoms with van der Waals surface area (Å²) in [5, 5.41) is 0. The maximum Gasteiger partial charge on any atom is 0.212 e. The molecule has 106 valence electrons. The van der Waals surface area contributed by atoms with E-state index in [9.17, 15) is 0 Å². The van der Waals surface area contributed by atoms with E-state index in [1.54, 1.807) is 7.05 Å². The van der Waals surface area contributed by atoms with Gasteiger partial charge in [0.1, 0.15) is 8.42 Å². The summed E-state index contributed by atoms with van der Waals surface area (Å²) in [5.41, 5.74) is 2.50. The van der Waals surface area contributed by atoms with Crippen LogP contribution in [0.15, 0.2) is 30.4 Å². The molecule has 0 atom stereocenters. The van der Waals surface area contributed by atoms with Crippen molar-refractivity contribution in [1.29, 1.82) is 0 Å². The van der Waals surface area contributed by atoms with Crippen molar-refractivity contribution < 1.29 is 14.2 Å². The molecular formula is C19H26N+. The van der Waals surface area contributed by atoms with Gasteiger partial charge in [0.2, 0.25) is 5.69 Å². The Kier molecular flexibility index (Phi) is 2.01. The molecule has 2 rings (SSSR count). The summed E-state index contributed by atoms with van der Waals surface area (Å²) < 4.78 is 56.4. The highest BCUT2D eigenvalue weighted by atomic mass is 14.9. The van der Waals surface area contributed by atoms with Crippen molar-refractivity contribution in [3.8, 4) is 11.3 Å². The minimum Gasteiger partial charge on any atom is -0.201 e. The molecule has 0 aliphatic rings. The summed E-state index contributed by atoms with van der Waals surface area (Å²) in [6, 6.07) is 7.39. The van der Waals surface area contributed by atoms with E-state index in [-0.39, 0.29) is 17.2 Å². The number of hydrogen-bond donors (Lipinski definition) is 0. The standard InChI is InChI=1S/C19H26N/c1-13-8-9-16(19(4,5)6)11-17(13)18-10-14(2)15(3)12-20(18)7/h8-12H,1-7H3/q+1/i2D3,3D3,12D. The largest absolute Gasteiger partial charge is 0.212 e. The minimum atomic E-state index is -2.68. The third-order valence-electron chi connectivity index (χ3n) is 3.57. The molecule has 2 aromatic rings. The van der Waals surface area contributed by atoms with E-state index in [0.717, 1.165) is 16.7 Å². The van der Waals surface area contributed by atoms with Crippen LogP contribution in [0.3, 0.4) is 0 Å². The molecule has 0 saturated carbocycles. The highest BCUT2D eigenvalue weighted by Gasteiger charge is 2.19. The second-order valence-electron chi connectivity index (χ2n) is 6.27. The molecule has 1 heterocycles. The molecule has 0 bridgehead atoms. The maximum atomic E-state index is 8.36. The molecule has 0 radical (unpaired) electrons. The molecule has 1 aromatic carbocycles. The van der Waals surface area contributed by atoms with Gasteiger partial charge in [0.25, 0.3) is 0 Å². The lowest BCUT2D eigenvalue weighted by molar-refractivity contribution is -0.660. The van der Waals surface area contributed by atoms with Crippen molar-refractivity contribution in [2.45, 2.75) is 46.8 Å². The van der Waals surface area contributed by atoms with Crippen LogP contribution in [0.25, 0.3) is 11.3 Å². The quantitative estimate of drug-likeness (QED) is 0.679. The molecule has 1 aromatic heterocycles. The summed E-state index contributed by atoms with van der Waals surface area (Å²) in [7, 11) is 1.60. The van der Waals surface area contributed by atoms with Crippen LogP contribution in [0.4, 0.5) is 0 Å². The first-order chi connectivity index (χ1) is 12.0. The van der Waals surface area contributed by atoms with Crippen LogP contribution in [0.2, 0.25) is 0 Å². The number of aryl methyl sites for hydroxylation is 2. The zero-order valence-electron chi connectivity index (χ0n) is 19.8. The van der Waals surface area contributed by atoms with Crippen LogP contribution in [-0.2, 0) is 12.5 Å². The summed E-state index contributed by atoms with van der Waals surface area (Å²) in [5.74, 6) is 0. The highest BCUT2D eigenvalue weighted by Crippen LogP contribution is 2.29. The van der Waals surface area contributed by atoms with Gasteiger partial charge >= 0.3 is 0 Å². The third-order valence-corrected chi connectivity index (χ3v) is 3.57. The summed E-state index contributed by atoms with van der Waals surface area (Å²) in [6.07, 6.45) is -0.306. The Morgan fingerprint density at radius 3 is 2.35 bits per heavy atom. The predicted molar refractivity (Wildman–Crippen MR) is 86.0 cm³/mol. The summed E-state index contributed by atoms with van der Waals surface area (Å²) in [6.45, 7) is 2.87. The fourth-order valence-electron chi connectivity index (χ4n) is 2.22. The minimum absolute atomic E-state index is 0.101. The molecule has 0 fully saturated rings. The second-order valence-corrected chi connectivity index (χ2v) is 6.27. The van der Waals surface area contributed by atoms with Gasteiger partial charge in [-0.1, -0.05) is 32.9 Å². The number of nitrogens with zero attached hydrogens (tertiary/aromatic N) is 1. The smallest absolute Gasteiger partial charge is 0.201 e. The second kappa shape index (κ2) is 5.05. The molecule has 1 nitrogen and oxygen atoms in total. The van der Waals surface area contributed by atoms with Crippen LogP contribution in [-0.4, -0.2) is 0 Å². The van der Waals surface area contributed by atoms with Gasteiger partial charge in [0.15, 0.2) is 6.17 Å². The first kappa shape index (κ1) is 7.97. The Labute approximate surface area is 133 Å². The monoisotopic (exact) mass is 275 g/mol. The maximum absolute atomic E-state index is 8.36.